The van der Waals surface area contributed by atoms with Gasteiger partial charge in [0.1, 0.15) is 10.8 Å². The van der Waals surface area contributed by atoms with Crippen LogP contribution in [0.3, 0.4) is 0 Å². The molecule has 0 saturated carbocycles. The molecule has 0 unspecified atom stereocenters. The van der Waals surface area contributed by atoms with Gasteiger partial charge in [0.15, 0.2) is 5.76 Å². The highest BCUT2D eigenvalue weighted by atomic mass is 32.1. The minimum absolute atomic E-state index is 0.137. The van der Waals surface area contributed by atoms with Crippen molar-refractivity contribution >= 4 is 22.2 Å². The number of nitrogens with zero attached hydrogens (tertiary/aromatic N) is 2. The number of anilines is 1. The summed E-state index contributed by atoms with van der Waals surface area (Å²) < 4.78 is 10.8. The molecule has 7 heteroatoms. The van der Waals surface area contributed by atoms with Gasteiger partial charge in [-0.15, -0.1) is 11.3 Å². The normalized spacial score (nSPS) is 10.9. The maximum atomic E-state index is 12.2. The lowest BCUT2D eigenvalue weighted by Gasteiger charge is -2.01. The fourth-order valence-corrected chi connectivity index (χ4v) is 3.06. The molecule has 120 valence electrons. The zero-order chi connectivity index (χ0) is 16.4. The minimum atomic E-state index is -0.137. The zero-order valence-corrected chi connectivity index (χ0v) is 14.0. The number of oxazole rings is 1. The molecule has 0 fully saturated rings. The van der Waals surface area contributed by atoms with E-state index in [4.69, 9.17) is 8.83 Å². The van der Waals surface area contributed by atoms with Crippen molar-refractivity contribution in [1.29, 1.82) is 0 Å². The summed E-state index contributed by atoms with van der Waals surface area (Å²) in [6.07, 6.45) is 2.56. The monoisotopic (exact) mass is 331 g/mol. The molecular formula is C16H17N3O3S. The minimum Gasteiger partial charge on any atom is -0.459 e. The molecule has 0 aromatic carbocycles. The van der Waals surface area contributed by atoms with Gasteiger partial charge in [-0.05, 0) is 32.4 Å². The Labute approximate surface area is 137 Å². The average Bonchev–Trinajstić information content (AvgIpc) is 3.22. The van der Waals surface area contributed by atoms with Gasteiger partial charge in [-0.2, -0.15) is 0 Å². The number of hydrogen-bond donors (Lipinski definition) is 1. The Morgan fingerprint density at radius 1 is 1.35 bits per heavy atom. The molecule has 1 amide bonds. The summed E-state index contributed by atoms with van der Waals surface area (Å²) in [6.45, 7) is 5.72. The third-order valence-corrected chi connectivity index (χ3v) is 4.57. The van der Waals surface area contributed by atoms with Crippen LogP contribution in [0.25, 0.3) is 11.7 Å². The Morgan fingerprint density at radius 2 is 2.17 bits per heavy atom. The van der Waals surface area contributed by atoms with Gasteiger partial charge in [0.2, 0.25) is 5.91 Å². The highest BCUT2D eigenvalue weighted by Crippen LogP contribution is 2.25. The van der Waals surface area contributed by atoms with Gasteiger partial charge in [-0.1, -0.05) is 6.92 Å². The first kappa shape index (κ1) is 15.5. The smallest absolute Gasteiger partial charge is 0.263 e. The van der Waals surface area contributed by atoms with Gasteiger partial charge >= 0.3 is 0 Å². The Morgan fingerprint density at radius 3 is 2.83 bits per heavy atom. The summed E-state index contributed by atoms with van der Waals surface area (Å²) in [7, 11) is 0. The molecule has 0 aliphatic heterocycles. The number of amides is 1. The topological polar surface area (TPSA) is 81.2 Å². The molecule has 0 spiro atoms. The van der Waals surface area contributed by atoms with Crippen molar-refractivity contribution in [3.05, 3.63) is 40.6 Å². The predicted octanol–water partition coefficient (Wildman–Crippen LogP) is 3.75. The van der Waals surface area contributed by atoms with Crippen molar-refractivity contribution in [3.63, 3.8) is 0 Å². The van der Waals surface area contributed by atoms with Crippen molar-refractivity contribution < 1.29 is 13.6 Å². The number of aryl methyl sites for hydroxylation is 3. The fraction of sp³-hybridized carbons (Fsp3) is 0.312. The summed E-state index contributed by atoms with van der Waals surface area (Å²) in [5.74, 6) is 1.41. The van der Waals surface area contributed by atoms with Crippen LogP contribution in [-0.2, 0) is 17.6 Å². The molecule has 0 radical (unpaired) electrons. The molecule has 1 N–H and O–H groups in total. The van der Waals surface area contributed by atoms with E-state index in [2.05, 4.69) is 15.3 Å². The van der Waals surface area contributed by atoms with E-state index < -0.39 is 0 Å². The lowest BCUT2D eigenvalue weighted by atomic mass is 10.2. The average molecular weight is 331 g/mol. The lowest BCUT2D eigenvalue weighted by molar-refractivity contribution is -0.115. The van der Waals surface area contributed by atoms with E-state index in [0.29, 0.717) is 23.1 Å². The number of aromatic nitrogens is 2. The van der Waals surface area contributed by atoms with E-state index in [1.165, 1.54) is 11.3 Å². The number of hydrogen-bond acceptors (Lipinski definition) is 6. The zero-order valence-electron chi connectivity index (χ0n) is 13.2. The van der Waals surface area contributed by atoms with Gasteiger partial charge in [-0.25, -0.2) is 9.97 Å². The lowest BCUT2D eigenvalue weighted by Crippen LogP contribution is -2.15. The van der Waals surface area contributed by atoms with E-state index in [1.54, 1.807) is 25.3 Å². The quantitative estimate of drug-likeness (QED) is 0.770. The van der Waals surface area contributed by atoms with E-state index in [-0.39, 0.29) is 12.3 Å². The molecule has 3 aromatic rings. The highest BCUT2D eigenvalue weighted by molar-refractivity contribution is 7.16. The largest absolute Gasteiger partial charge is 0.459 e. The molecule has 0 atom stereocenters. The first-order valence-electron chi connectivity index (χ1n) is 7.33. The van der Waals surface area contributed by atoms with Gasteiger partial charge in [0, 0.05) is 0 Å². The summed E-state index contributed by atoms with van der Waals surface area (Å²) in [4.78, 5) is 21.0. The molecule has 3 rings (SSSR count). The highest BCUT2D eigenvalue weighted by Gasteiger charge is 2.17. The summed E-state index contributed by atoms with van der Waals surface area (Å²) in [5.41, 5.74) is 1.44. The van der Waals surface area contributed by atoms with Crippen LogP contribution in [0.4, 0.5) is 5.00 Å². The second kappa shape index (κ2) is 6.37. The fourth-order valence-electron chi connectivity index (χ4n) is 2.14. The van der Waals surface area contributed by atoms with E-state index in [0.717, 1.165) is 22.1 Å². The molecule has 0 aliphatic carbocycles. The van der Waals surface area contributed by atoms with Crippen molar-refractivity contribution in [2.45, 2.75) is 33.6 Å². The number of rotatable bonds is 5. The first-order valence-corrected chi connectivity index (χ1v) is 8.14. The molecule has 0 bridgehead atoms. The van der Waals surface area contributed by atoms with Crippen molar-refractivity contribution in [3.8, 4) is 11.7 Å². The number of furan rings is 1. The molecule has 3 aromatic heterocycles. The van der Waals surface area contributed by atoms with E-state index in [9.17, 15) is 4.79 Å². The molecule has 6 nitrogen and oxygen atoms in total. The SMILES string of the molecule is CCc1nc(C)c(NC(=O)Cc2nc(-c3ccco3)oc2C)s1. The molecular weight excluding hydrogens is 314 g/mol. The third-order valence-electron chi connectivity index (χ3n) is 3.35. The van der Waals surface area contributed by atoms with Crippen molar-refractivity contribution in [2.24, 2.45) is 0 Å². The molecule has 3 heterocycles. The van der Waals surface area contributed by atoms with Gasteiger partial charge in [-0.3, -0.25) is 4.79 Å². The Balaban J connectivity index is 1.71. The number of carbonyl (C=O) groups is 1. The predicted molar refractivity (Wildman–Crippen MR) is 87.5 cm³/mol. The Bertz CT molecular complexity index is 818. The summed E-state index contributed by atoms with van der Waals surface area (Å²) >= 11 is 1.50. The van der Waals surface area contributed by atoms with Crippen LogP contribution in [0.2, 0.25) is 0 Å². The van der Waals surface area contributed by atoms with Crippen LogP contribution in [-0.4, -0.2) is 15.9 Å². The van der Waals surface area contributed by atoms with E-state index >= 15 is 0 Å². The van der Waals surface area contributed by atoms with Crippen molar-refractivity contribution in [1.82, 2.24) is 9.97 Å². The standard InChI is InChI=1S/C16H17N3O3S/c1-4-14-17-9(2)16(23-14)19-13(20)8-11-10(3)22-15(18-11)12-6-5-7-21-12/h5-7H,4,8H2,1-3H3,(H,19,20). The maximum Gasteiger partial charge on any atom is 0.263 e. The Kier molecular flexibility index (Phi) is 4.29. The number of thiazole rings is 1. The van der Waals surface area contributed by atoms with Crippen LogP contribution in [0.5, 0.6) is 0 Å². The first-order chi connectivity index (χ1) is 11.1. The van der Waals surface area contributed by atoms with Crippen molar-refractivity contribution in [2.75, 3.05) is 5.32 Å². The second-order valence-corrected chi connectivity index (χ2v) is 6.18. The van der Waals surface area contributed by atoms with Crippen LogP contribution < -0.4 is 5.32 Å². The number of carbonyl (C=O) groups excluding carboxylic acids is 1. The van der Waals surface area contributed by atoms with Crippen LogP contribution >= 0.6 is 11.3 Å². The van der Waals surface area contributed by atoms with Gasteiger partial charge in [0.25, 0.3) is 5.89 Å². The van der Waals surface area contributed by atoms with Gasteiger partial charge in [0.05, 0.1) is 29.1 Å². The number of nitrogens with one attached hydrogen (secondary N) is 1. The van der Waals surface area contributed by atoms with Gasteiger partial charge < -0.3 is 14.2 Å². The molecule has 0 saturated heterocycles. The Hall–Kier alpha value is -2.41. The second-order valence-electron chi connectivity index (χ2n) is 5.10. The maximum absolute atomic E-state index is 12.2. The van der Waals surface area contributed by atoms with Crippen LogP contribution in [0, 0.1) is 13.8 Å². The summed E-state index contributed by atoms with van der Waals surface area (Å²) in [5, 5.41) is 4.70. The third kappa shape index (κ3) is 3.34. The molecule has 0 aliphatic rings. The van der Waals surface area contributed by atoms with Crippen LogP contribution in [0.1, 0.15) is 29.1 Å². The molecule has 23 heavy (non-hydrogen) atoms. The van der Waals surface area contributed by atoms with E-state index in [1.807, 2.05) is 13.8 Å². The van der Waals surface area contributed by atoms with Crippen LogP contribution in [0.15, 0.2) is 27.2 Å². The summed E-state index contributed by atoms with van der Waals surface area (Å²) in [6, 6.07) is 3.53.